The van der Waals surface area contributed by atoms with Crippen LogP contribution in [-0.2, 0) is 0 Å². The number of aromatic nitrogens is 2. The molecule has 0 aromatic carbocycles. The molecule has 1 aliphatic rings. The fourth-order valence-corrected chi connectivity index (χ4v) is 2.29. The van der Waals surface area contributed by atoms with E-state index in [0.717, 1.165) is 25.8 Å². The van der Waals surface area contributed by atoms with Crippen molar-refractivity contribution in [2.24, 2.45) is 5.73 Å². The molecule has 5 nitrogen and oxygen atoms in total. The van der Waals surface area contributed by atoms with E-state index < -0.39 is 0 Å². The van der Waals surface area contributed by atoms with Crippen molar-refractivity contribution in [3.8, 4) is 0 Å². The molecule has 16 heavy (non-hydrogen) atoms. The molecule has 1 aromatic rings. The fraction of sp³-hybridized carbons (Fsp3) is 0.636. The number of carbonyl (C=O) groups excluding carboxylic acids is 1. The van der Waals surface area contributed by atoms with Gasteiger partial charge in [-0.2, -0.15) is 5.10 Å². The number of rotatable bonds is 2. The smallest absolute Gasteiger partial charge is 0.257 e. The van der Waals surface area contributed by atoms with Crippen molar-refractivity contribution in [1.29, 1.82) is 0 Å². The van der Waals surface area contributed by atoms with Gasteiger partial charge in [-0.05, 0) is 26.2 Å². The second kappa shape index (κ2) is 4.65. The van der Waals surface area contributed by atoms with Gasteiger partial charge >= 0.3 is 0 Å². The lowest BCUT2D eigenvalue weighted by molar-refractivity contribution is 0.0584. The molecule has 2 atom stereocenters. The zero-order valence-corrected chi connectivity index (χ0v) is 9.52. The van der Waals surface area contributed by atoms with E-state index in [0.29, 0.717) is 5.56 Å². The maximum Gasteiger partial charge on any atom is 0.257 e. The number of nitrogens with zero attached hydrogens (tertiary/aromatic N) is 2. The Morgan fingerprint density at radius 1 is 1.69 bits per heavy atom. The molecule has 0 bridgehead atoms. The van der Waals surface area contributed by atoms with Crippen LogP contribution in [0.1, 0.15) is 36.5 Å². The molecule has 0 aliphatic carbocycles. The summed E-state index contributed by atoms with van der Waals surface area (Å²) in [7, 11) is 0. The minimum atomic E-state index is 0.0242. The summed E-state index contributed by atoms with van der Waals surface area (Å²) in [5, 5.41) is 6.47. The van der Waals surface area contributed by atoms with Crippen LogP contribution in [0.25, 0.3) is 0 Å². The van der Waals surface area contributed by atoms with Gasteiger partial charge in [0.1, 0.15) is 0 Å². The van der Waals surface area contributed by atoms with Gasteiger partial charge < -0.3 is 10.6 Å². The fourth-order valence-electron chi connectivity index (χ4n) is 2.29. The van der Waals surface area contributed by atoms with E-state index in [2.05, 4.69) is 10.2 Å². The highest BCUT2D eigenvalue weighted by atomic mass is 16.2. The number of aromatic amines is 1. The number of likely N-dealkylation sites (tertiary alicyclic amines) is 1. The van der Waals surface area contributed by atoms with Gasteiger partial charge in [0, 0.05) is 24.8 Å². The van der Waals surface area contributed by atoms with Crippen LogP contribution in [0.5, 0.6) is 0 Å². The van der Waals surface area contributed by atoms with Crippen LogP contribution in [0.2, 0.25) is 0 Å². The Bertz CT molecular complexity index is 347. The highest BCUT2D eigenvalue weighted by molar-refractivity contribution is 5.94. The van der Waals surface area contributed by atoms with Crippen molar-refractivity contribution >= 4 is 5.91 Å². The number of amides is 1. The van der Waals surface area contributed by atoms with E-state index in [-0.39, 0.29) is 18.0 Å². The summed E-state index contributed by atoms with van der Waals surface area (Å²) >= 11 is 0. The maximum atomic E-state index is 12.2. The van der Waals surface area contributed by atoms with Gasteiger partial charge in [0.05, 0.1) is 11.8 Å². The zero-order chi connectivity index (χ0) is 11.5. The Balaban J connectivity index is 2.14. The first-order valence-corrected chi connectivity index (χ1v) is 5.75. The van der Waals surface area contributed by atoms with Crippen molar-refractivity contribution in [1.82, 2.24) is 15.1 Å². The molecule has 0 radical (unpaired) electrons. The average Bonchev–Trinajstić information content (AvgIpc) is 2.81. The van der Waals surface area contributed by atoms with Crippen molar-refractivity contribution in [3.05, 3.63) is 18.0 Å². The van der Waals surface area contributed by atoms with Gasteiger partial charge in [-0.15, -0.1) is 0 Å². The number of carbonyl (C=O) groups is 1. The van der Waals surface area contributed by atoms with Gasteiger partial charge in [-0.3, -0.25) is 9.89 Å². The van der Waals surface area contributed by atoms with Crippen molar-refractivity contribution < 1.29 is 4.79 Å². The van der Waals surface area contributed by atoms with Crippen LogP contribution in [0.3, 0.4) is 0 Å². The molecular formula is C11H18N4O. The standard InChI is InChI=1S/C11H18N4O/c1-8(12)10-4-2-3-5-15(10)11(16)9-6-13-14-7-9/h6-8,10H,2-5,12H2,1H3,(H,13,14). The second-order valence-corrected chi connectivity index (χ2v) is 4.41. The van der Waals surface area contributed by atoms with Crippen LogP contribution >= 0.6 is 0 Å². The Morgan fingerprint density at radius 2 is 2.50 bits per heavy atom. The van der Waals surface area contributed by atoms with E-state index in [1.165, 1.54) is 0 Å². The molecular weight excluding hydrogens is 204 g/mol. The van der Waals surface area contributed by atoms with E-state index in [1.54, 1.807) is 12.4 Å². The number of hydrogen-bond acceptors (Lipinski definition) is 3. The summed E-state index contributed by atoms with van der Waals surface area (Å²) in [6.07, 6.45) is 6.42. The van der Waals surface area contributed by atoms with Gasteiger partial charge in [0.15, 0.2) is 0 Å². The SMILES string of the molecule is CC(N)C1CCCCN1C(=O)c1cn[nH]c1. The summed E-state index contributed by atoms with van der Waals surface area (Å²) in [5.41, 5.74) is 6.55. The summed E-state index contributed by atoms with van der Waals surface area (Å²) in [6, 6.07) is 0.187. The Hall–Kier alpha value is -1.36. The van der Waals surface area contributed by atoms with Crippen molar-refractivity contribution in [3.63, 3.8) is 0 Å². The first-order valence-electron chi connectivity index (χ1n) is 5.75. The third-order valence-electron chi connectivity index (χ3n) is 3.16. The molecule has 2 rings (SSSR count). The van der Waals surface area contributed by atoms with E-state index in [9.17, 15) is 4.79 Å². The average molecular weight is 222 g/mol. The first kappa shape index (κ1) is 11.1. The number of nitrogens with one attached hydrogen (secondary N) is 1. The van der Waals surface area contributed by atoms with Crippen LogP contribution in [0.4, 0.5) is 0 Å². The normalized spacial score (nSPS) is 23.1. The van der Waals surface area contributed by atoms with Crippen LogP contribution in [0.15, 0.2) is 12.4 Å². The highest BCUT2D eigenvalue weighted by Gasteiger charge is 2.29. The lowest BCUT2D eigenvalue weighted by atomic mass is 9.96. The van der Waals surface area contributed by atoms with Crippen LogP contribution < -0.4 is 5.73 Å². The van der Waals surface area contributed by atoms with Gasteiger partial charge in [0.2, 0.25) is 0 Å². The van der Waals surface area contributed by atoms with Crippen molar-refractivity contribution in [2.45, 2.75) is 38.3 Å². The number of piperidine rings is 1. The lowest BCUT2D eigenvalue weighted by Crippen LogP contribution is -2.51. The zero-order valence-electron chi connectivity index (χ0n) is 9.52. The molecule has 1 fully saturated rings. The van der Waals surface area contributed by atoms with Crippen LogP contribution in [0, 0.1) is 0 Å². The predicted molar refractivity (Wildman–Crippen MR) is 60.9 cm³/mol. The molecule has 1 aromatic heterocycles. The number of hydrogen-bond donors (Lipinski definition) is 2. The topological polar surface area (TPSA) is 75.0 Å². The molecule has 3 N–H and O–H groups in total. The minimum Gasteiger partial charge on any atom is -0.334 e. The predicted octanol–water partition coefficient (Wildman–Crippen LogP) is 0.752. The van der Waals surface area contributed by atoms with Gasteiger partial charge in [0.25, 0.3) is 5.91 Å². The van der Waals surface area contributed by atoms with E-state index in [4.69, 9.17) is 5.73 Å². The summed E-state index contributed by atoms with van der Waals surface area (Å²) in [5.74, 6) is 0.0377. The molecule has 1 saturated heterocycles. The summed E-state index contributed by atoms with van der Waals surface area (Å²) < 4.78 is 0. The molecule has 2 heterocycles. The van der Waals surface area contributed by atoms with E-state index in [1.807, 2.05) is 11.8 Å². The molecule has 2 unspecified atom stereocenters. The molecule has 0 saturated carbocycles. The second-order valence-electron chi connectivity index (χ2n) is 4.41. The van der Waals surface area contributed by atoms with Gasteiger partial charge in [-0.25, -0.2) is 0 Å². The third kappa shape index (κ3) is 2.09. The van der Waals surface area contributed by atoms with Crippen molar-refractivity contribution in [2.75, 3.05) is 6.54 Å². The molecule has 1 aliphatic heterocycles. The minimum absolute atomic E-state index is 0.0242. The third-order valence-corrected chi connectivity index (χ3v) is 3.16. The monoisotopic (exact) mass is 222 g/mol. The highest BCUT2D eigenvalue weighted by Crippen LogP contribution is 2.21. The Kier molecular flexibility index (Phi) is 3.24. The van der Waals surface area contributed by atoms with Crippen LogP contribution in [-0.4, -0.2) is 39.6 Å². The number of H-pyrrole nitrogens is 1. The first-order chi connectivity index (χ1) is 7.70. The number of nitrogens with two attached hydrogens (primary N) is 1. The Morgan fingerprint density at radius 3 is 3.12 bits per heavy atom. The molecule has 1 amide bonds. The summed E-state index contributed by atoms with van der Waals surface area (Å²) in [4.78, 5) is 14.1. The van der Waals surface area contributed by atoms with Gasteiger partial charge in [-0.1, -0.05) is 0 Å². The maximum absolute atomic E-state index is 12.2. The largest absolute Gasteiger partial charge is 0.334 e. The molecule has 5 heteroatoms. The quantitative estimate of drug-likeness (QED) is 0.775. The summed E-state index contributed by atoms with van der Waals surface area (Å²) in [6.45, 7) is 2.77. The molecule has 88 valence electrons. The molecule has 0 spiro atoms. The lowest BCUT2D eigenvalue weighted by Gasteiger charge is -2.37. The van der Waals surface area contributed by atoms with E-state index >= 15 is 0 Å². The Labute approximate surface area is 95.0 Å².